The van der Waals surface area contributed by atoms with Crippen molar-refractivity contribution < 1.29 is 4.79 Å². The zero-order valence-electron chi connectivity index (χ0n) is 12.5. The van der Waals surface area contributed by atoms with E-state index in [0.717, 1.165) is 22.9 Å². The van der Waals surface area contributed by atoms with Crippen LogP contribution in [0.2, 0.25) is 0 Å². The summed E-state index contributed by atoms with van der Waals surface area (Å²) in [5, 5.41) is 6.86. The molecule has 114 valence electrons. The maximum absolute atomic E-state index is 12.3. The van der Waals surface area contributed by atoms with Crippen LogP contribution in [0.1, 0.15) is 41.2 Å². The van der Waals surface area contributed by atoms with Crippen molar-refractivity contribution in [1.82, 2.24) is 20.2 Å². The molecule has 0 radical (unpaired) electrons. The lowest BCUT2D eigenvalue weighted by Gasteiger charge is -2.21. The second-order valence-corrected chi connectivity index (χ2v) is 6.84. The van der Waals surface area contributed by atoms with Crippen LogP contribution in [0.5, 0.6) is 0 Å². The number of carbonyl (C=O) groups is 1. The topological polar surface area (TPSA) is 58.1 Å². The Morgan fingerprint density at radius 1 is 1.43 bits per heavy atom. The summed E-state index contributed by atoms with van der Waals surface area (Å²) in [6.45, 7) is 4.68. The summed E-state index contributed by atoms with van der Waals surface area (Å²) in [5.41, 5.74) is 0. The van der Waals surface area contributed by atoms with E-state index in [2.05, 4.69) is 22.2 Å². The summed E-state index contributed by atoms with van der Waals surface area (Å²) in [6.07, 6.45) is 5.45. The first-order valence-electron chi connectivity index (χ1n) is 6.98. The number of urea groups is 1. The molecule has 2 heterocycles. The molecule has 0 saturated heterocycles. The van der Waals surface area contributed by atoms with E-state index in [1.165, 1.54) is 4.88 Å². The first-order chi connectivity index (χ1) is 10.1. The third kappa shape index (κ3) is 4.25. The maximum atomic E-state index is 12.3. The van der Waals surface area contributed by atoms with Gasteiger partial charge in [-0.15, -0.1) is 22.7 Å². The Morgan fingerprint density at radius 2 is 2.24 bits per heavy atom. The van der Waals surface area contributed by atoms with Crippen molar-refractivity contribution in [1.29, 1.82) is 0 Å². The first-order valence-corrected chi connectivity index (χ1v) is 8.68. The summed E-state index contributed by atoms with van der Waals surface area (Å²) < 4.78 is 0. The molecule has 2 amide bonds. The Kier molecular flexibility index (Phi) is 5.69. The number of rotatable bonds is 6. The minimum atomic E-state index is -0.0923. The summed E-state index contributed by atoms with van der Waals surface area (Å²) in [5.74, 6) is 0. The quantitative estimate of drug-likeness (QED) is 0.885. The van der Waals surface area contributed by atoms with Gasteiger partial charge in [0.1, 0.15) is 10.0 Å². The Bertz CT molecular complexity index is 567. The number of aromatic nitrogens is 2. The number of nitrogens with zero attached hydrogens (tertiary/aromatic N) is 3. The number of thiazole rings is 2. The molecular weight excluding hydrogens is 304 g/mol. The van der Waals surface area contributed by atoms with E-state index < -0.39 is 0 Å². The molecule has 0 aliphatic rings. The Labute approximate surface area is 133 Å². The molecule has 0 saturated carbocycles. The molecule has 1 N–H and O–H groups in total. The highest BCUT2D eigenvalue weighted by Gasteiger charge is 2.18. The van der Waals surface area contributed by atoms with E-state index in [1.807, 2.05) is 18.5 Å². The van der Waals surface area contributed by atoms with Crippen molar-refractivity contribution >= 4 is 28.7 Å². The van der Waals surface area contributed by atoms with Crippen LogP contribution < -0.4 is 5.32 Å². The predicted molar refractivity (Wildman–Crippen MR) is 86.6 cm³/mol. The Morgan fingerprint density at radius 3 is 2.81 bits per heavy atom. The molecule has 1 atom stereocenters. The highest BCUT2D eigenvalue weighted by atomic mass is 32.1. The minimum absolute atomic E-state index is 0.0255. The summed E-state index contributed by atoms with van der Waals surface area (Å²) in [6, 6.07) is -0.118. The van der Waals surface area contributed by atoms with Crippen LogP contribution in [0.15, 0.2) is 17.8 Å². The standard InChI is InChI=1S/C14H20N4OS2/c1-4-10-8-16-12(21-10)9-18(3)14(19)17-11(5-2)13-15-6-7-20-13/h6-8,11H,4-5,9H2,1-3H3,(H,17,19)/t11-/m1/s1. The lowest BCUT2D eigenvalue weighted by molar-refractivity contribution is 0.202. The fourth-order valence-corrected chi connectivity index (χ4v) is 3.55. The van der Waals surface area contributed by atoms with Gasteiger partial charge in [-0.3, -0.25) is 0 Å². The van der Waals surface area contributed by atoms with Crippen molar-refractivity contribution in [2.75, 3.05) is 7.05 Å². The van der Waals surface area contributed by atoms with Crippen molar-refractivity contribution in [3.05, 3.63) is 32.7 Å². The largest absolute Gasteiger partial charge is 0.329 e. The van der Waals surface area contributed by atoms with Crippen LogP contribution in [0, 0.1) is 0 Å². The SMILES string of the molecule is CCc1cnc(CN(C)C(=O)N[C@H](CC)c2nccs2)s1. The van der Waals surface area contributed by atoms with Gasteiger partial charge < -0.3 is 10.2 Å². The number of nitrogens with one attached hydrogen (secondary N) is 1. The molecule has 0 aromatic carbocycles. The van der Waals surface area contributed by atoms with Gasteiger partial charge in [-0.2, -0.15) is 0 Å². The van der Waals surface area contributed by atoms with Crippen LogP contribution in [0.25, 0.3) is 0 Å². The minimum Gasteiger partial charge on any atom is -0.329 e. The van der Waals surface area contributed by atoms with Crippen LogP contribution in [-0.2, 0) is 13.0 Å². The van der Waals surface area contributed by atoms with Gasteiger partial charge in [0.25, 0.3) is 0 Å². The maximum Gasteiger partial charge on any atom is 0.318 e. The summed E-state index contributed by atoms with van der Waals surface area (Å²) >= 11 is 3.22. The van der Waals surface area contributed by atoms with Gasteiger partial charge in [-0.1, -0.05) is 13.8 Å². The van der Waals surface area contributed by atoms with Gasteiger partial charge in [0.05, 0.1) is 12.6 Å². The number of hydrogen-bond donors (Lipinski definition) is 1. The highest BCUT2D eigenvalue weighted by molar-refractivity contribution is 7.11. The summed E-state index contributed by atoms with van der Waals surface area (Å²) in [4.78, 5) is 23.8. The van der Waals surface area contributed by atoms with E-state index >= 15 is 0 Å². The van der Waals surface area contributed by atoms with Crippen LogP contribution >= 0.6 is 22.7 Å². The van der Waals surface area contributed by atoms with Crippen LogP contribution in [0.3, 0.4) is 0 Å². The van der Waals surface area contributed by atoms with Gasteiger partial charge >= 0.3 is 6.03 Å². The van der Waals surface area contributed by atoms with E-state index in [4.69, 9.17) is 0 Å². The van der Waals surface area contributed by atoms with Gasteiger partial charge in [0.15, 0.2) is 0 Å². The summed E-state index contributed by atoms with van der Waals surface area (Å²) in [7, 11) is 1.79. The average Bonchev–Trinajstić information content (AvgIpc) is 3.15. The molecule has 5 nitrogen and oxygen atoms in total. The van der Waals surface area contributed by atoms with Crippen molar-refractivity contribution in [2.24, 2.45) is 0 Å². The Balaban J connectivity index is 1.92. The van der Waals surface area contributed by atoms with Gasteiger partial charge in [0, 0.05) is 29.7 Å². The zero-order chi connectivity index (χ0) is 15.2. The smallest absolute Gasteiger partial charge is 0.318 e. The second kappa shape index (κ2) is 7.51. The number of aryl methyl sites for hydroxylation is 1. The van der Waals surface area contributed by atoms with Gasteiger partial charge in [0.2, 0.25) is 0 Å². The van der Waals surface area contributed by atoms with Crippen molar-refractivity contribution in [3.8, 4) is 0 Å². The van der Waals surface area contributed by atoms with E-state index in [9.17, 15) is 4.79 Å². The van der Waals surface area contributed by atoms with E-state index in [-0.39, 0.29) is 12.1 Å². The van der Waals surface area contributed by atoms with Crippen molar-refractivity contribution in [2.45, 2.75) is 39.3 Å². The first kappa shape index (κ1) is 15.9. The Hall–Kier alpha value is -1.47. The lowest BCUT2D eigenvalue weighted by atomic mass is 10.2. The molecule has 7 heteroatoms. The fourth-order valence-electron chi connectivity index (χ4n) is 1.86. The van der Waals surface area contributed by atoms with E-state index in [0.29, 0.717) is 6.54 Å². The molecule has 2 rings (SSSR count). The molecule has 0 aliphatic heterocycles. The molecule has 0 aliphatic carbocycles. The van der Waals surface area contributed by atoms with Crippen LogP contribution in [0.4, 0.5) is 4.79 Å². The molecule has 21 heavy (non-hydrogen) atoms. The van der Waals surface area contributed by atoms with Crippen LogP contribution in [-0.4, -0.2) is 27.9 Å². The number of amides is 2. The highest BCUT2D eigenvalue weighted by Crippen LogP contribution is 2.19. The third-order valence-electron chi connectivity index (χ3n) is 3.12. The van der Waals surface area contributed by atoms with Gasteiger partial charge in [-0.05, 0) is 12.8 Å². The average molecular weight is 324 g/mol. The molecule has 0 fully saturated rings. The third-order valence-corrected chi connectivity index (χ3v) is 5.14. The fraction of sp³-hybridized carbons (Fsp3) is 0.500. The predicted octanol–water partition coefficient (Wildman–Crippen LogP) is 3.45. The molecule has 2 aromatic heterocycles. The molecule has 0 bridgehead atoms. The van der Waals surface area contributed by atoms with Crippen molar-refractivity contribution in [3.63, 3.8) is 0 Å². The second-order valence-electron chi connectivity index (χ2n) is 4.71. The van der Waals surface area contributed by atoms with E-state index in [1.54, 1.807) is 40.8 Å². The zero-order valence-corrected chi connectivity index (χ0v) is 14.1. The number of carbonyl (C=O) groups excluding carboxylic acids is 1. The normalized spacial score (nSPS) is 12.1. The number of hydrogen-bond acceptors (Lipinski definition) is 5. The molecular formula is C14H20N4OS2. The lowest BCUT2D eigenvalue weighted by Crippen LogP contribution is -2.38. The molecule has 0 unspecified atom stereocenters. The molecule has 0 spiro atoms. The molecule has 2 aromatic rings. The van der Waals surface area contributed by atoms with Gasteiger partial charge in [-0.25, -0.2) is 14.8 Å². The monoisotopic (exact) mass is 324 g/mol.